The van der Waals surface area contributed by atoms with Gasteiger partial charge in [-0.3, -0.25) is 14.7 Å². The van der Waals surface area contributed by atoms with Crippen molar-refractivity contribution in [3.63, 3.8) is 0 Å². The van der Waals surface area contributed by atoms with Gasteiger partial charge in [-0.05, 0) is 17.7 Å². The third-order valence-electron chi connectivity index (χ3n) is 2.54. The van der Waals surface area contributed by atoms with Gasteiger partial charge in [0.05, 0.1) is 0 Å². The van der Waals surface area contributed by atoms with Crippen molar-refractivity contribution in [3.05, 3.63) is 46.5 Å². The molecule has 2 amide bonds. The molecular formula is C12H12BrN5O2. The predicted octanol–water partition coefficient (Wildman–Crippen LogP) is 0.695. The Bertz CT molecular complexity index is 597. The molecule has 0 aliphatic carbocycles. The van der Waals surface area contributed by atoms with Crippen LogP contribution < -0.4 is 5.73 Å². The van der Waals surface area contributed by atoms with Crippen LogP contribution in [0.1, 0.15) is 16.2 Å². The van der Waals surface area contributed by atoms with Crippen LogP contribution in [0.25, 0.3) is 0 Å². The summed E-state index contributed by atoms with van der Waals surface area (Å²) in [5.41, 5.74) is 6.05. The van der Waals surface area contributed by atoms with Crippen LogP contribution in [-0.2, 0) is 11.3 Å². The topological polar surface area (TPSA) is 105 Å². The van der Waals surface area contributed by atoms with E-state index in [1.54, 1.807) is 0 Å². The zero-order valence-corrected chi connectivity index (χ0v) is 12.0. The van der Waals surface area contributed by atoms with E-state index in [9.17, 15) is 9.59 Å². The zero-order valence-electron chi connectivity index (χ0n) is 10.4. The number of primary amides is 1. The van der Waals surface area contributed by atoms with Crippen LogP contribution in [0.2, 0.25) is 0 Å². The molecule has 0 saturated heterocycles. The molecule has 0 fully saturated rings. The van der Waals surface area contributed by atoms with Gasteiger partial charge in [-0.15, -0.1) is 0 Å². The number of rotatable bonds is 5. The standard InChI is InChI=1S/C12H12BrN5O2/c13-9-3-1-8(2-4-9)5-18(6-10(14)19)12(20)11-15-7-16-17-11/h1-4,7H,5-6H2,(H2,14,19)(H,15,16,17). The quantitative estimate of drug-likeness (QED) is 0.837. The lowest BCUT2D eigenvalue weighted by Crippen LogP contribution is -2.38. The van der Waals surface area contributed by atoms with Gasteiger partial charge in [-0.1, -0.05) is 28.1 Å². The number of aromatic amines is 1. The van der Waals surface area contributed by atoms with E-state index in [2.05, 4.69) is 31.1 Å². The highest BCUT2D eigenvalue weighted by Gasteiger charge is 2.20. The molecule has 0 spiro atoms. The van der Waals surface area contributed by atoms with Gasteiger partial charge in [0, 0.05) is 11.0 Å². The van der Waals surface area contributed by atoms with E-state index in [1.165, 1.54) is 11.2 Å². The number of benzene rings is 1. The highest BCUT2D eigenvalue weighted by molar-refractivity contribution is 9.10. The van der Waals surface area contributed by atoms with Crippen LogP contribution in [0.15, 0.2) is 35.1 Å². The van der Waals surface area contributed by atoms with Crippen molar-refractivity contribution in [2.24, 2.45) is 5.73 Å². The first-order chi connectivity index (χ1) is 9.56. The molecule has 0 saturated carbocycles. The Morgan fingerprint density at radius 3 is 2.55 bits per heavy atom. The van der Waals surface area contributed by atoms with Crippen LogP contribution in [0.4, 0.5) is 0 Å². The molecule has 7 nitrogen and oxygen atoms in total. The maximum absolute atomic E-state index is 12.2. The lowest BCUT2D eigenvalue weighted by atomic mass is 10.2. The molecule has 0 bridgehead atoms. The summed E-state index contributed by atoms with van der Waals surface area (Å²) in [7, 11) is 0. The number of carbonyl (C=O) groups excluding carboxylic acids is 2. The Hall–Kier alpha value is -2.22. The summed E-state index contributed by atoms with van der Waals surface area (Å²) in [4.78, 5) is 28.4. The van der Waals surface area contributed by atoms with E-state index >= 15 is 0 Å². The van der Waals surface area contributed by atoms with Crippen molar-refractivity contribution in [2.45, 2.75) is 6.54 Å². The van der Waals surface area contributed by atoms with Gasteiger partial charge >= 0.3 is 0 Å². The zero-order chi connectivity index (χ0) is 14.5. The Morgan fingerprint density at radius 2 is 2.00 bits per heavy atom. The molecule has 1 heterocycles. The second-order valence-electron chi connectivity index (χ2n) is 4.09. The summed E-state index contributed by atoms with van der Waals surface area (Å²) in [5, 5.41) is 6.09. The third kappa shape index (κ3) is 3.64. The maximum Gasteiger partial charge on any atom is 0.291 e. The monoisotopic (exact) mass is 337 g/mol. The lowest BCUT2D eigenvalue weighted by Gasteiger charge is -2.20. The third-order valence-corrected chi connectivity index (χ3v) is 3.07. The first-order valence-corrected chi connectivity index (χ1v) is 6.53. The van der Waals surface area contributed by atoms with Gasteiger partial charge in [0.2, 0.25) is 11.7 Å². The van der Waals surface area contributed by atoms with Gasteiger partial charge in [-0.25, -0.2) is 4.98 Å². The molecule has 3 N–H and O–H groups in total. The van der Waals surface area contributed by atoms with Crippen molar-refractivity contribution in [1.29, 1.82) is 0 Å². The van der Waals surface area contributed by atoms with E-state index in [0.29, 0.717) is 0 Å². The van der Waals surface area contributed by atoms with Gasteiger partial charge in [0.1, 0.15) is 12.9 Å². The maximum atomic E-state index is 12.2. The highest BCUT2D eigenvalue weighted by Crippen LogP contribution is 2.13. The largest absolute Gasteiger partial charge is 0.368 e. The second kappa shape index (κ2) is 6.29. The van der Waals surface area contributed by atoms with Crippen LogP contribution in [-0.4, -0.2) is 38.4 Å². The average Bonchev–Trinajstić information content (AvgIpc) is 2.93. The minimum absolute atomic E-state index is 0.0726. The van der Waals surface area contributed by atoms with E-state index in [1.807, 2.05) is 24.3 Å². The fourth-order valence-corrected chi connectivity index (χ4v) is 1.92. The van der Waals surface area contributed by atoms with Gasteiger partial charge in [0.15, 0.2) is 0 Å². The first kappa shape index (κ1) is 14.2. The number of nitrogens with zero attached hydrogens (tertiary/aromatic N) is 3. The molecule has 0 radical (unpaired) electrons. The number of hydrogen-bond donors (Lipinski definition) is 2. The number of carbonyl (C=O) groups is 2. The average molecular weight is 338 g/mol. The van der Waals surface area contributed by atoms with Gasteiger partial charge < -0.3 is 10.6 Å². The summed E-state index contributed by atoms with van der Waals surface area (Å²) < 4.78 is 0.935. The molecule has 1 aromatic carbocycles. The minimum Gasteiger partial charge on any atom is -0.368 e. The minimum atomic E-state index is -0.588. The summed E-state index contributed by atoms with van der Waals surface area (Å²) in [6.45, 7) is 0.0748. The Morgan fingerprint density at radius 1 is 1.30 bits per heavy atom. The van der Waals surface area contributed by atoms with Crippen LogP contribution in [0.3, 0.4) is 0 Å². The SMILES string of the molecule is NC(=O)CN(Cc1ccc(Br)cc1)C(=O)c1ncn[nH]1. The van der Waals surface area contributed by atoms with Gasteiger partial charge in [0.25, 0.3) is 5.91 Å². The fourth-order valence-electron chi connectivity index (χ4n) is 1.66. The van der Waals surface area contributed by atoms with Crippen LogP contribution >= 0.6 is 15.9 Å². The van der Waals surface area contributed by atoms with Crippen LogP contribution in [0, 0.1) is 0 Å². The molecule has 8 heteroatoms. The number of H-pyrrole nitrogens is 1. The lowest BCUT2D eigenvalue weighted by molar-refractivity contribution is -0.118. The van der Waals surface area contributed by atoms with E-state index in [-0.39, 0.29) is 18.9 Å². The molecule has 0 aliphatic rings. The van der Waals surface area contributed by atoms with Gasteiger partial charge in [-0.2, -0.15) is 5.10 Å². The summed E-state index contributed by atoms with van der Waals surface area (Å²) in [5.74, 6) is -0.942. The number of amides is 2. The van der Waals surface area contributed by atoms with Crippen molar-refractivity contribution in [2.75, 3.05) is 6.54 Å². The highest BCUT2D eigenvalue weighted by atomic mass is 79.9. The molecule has 104 valence electrons. The number of nitrogens with one attached hydrogen (secondary N) is 1. The molecule has 2 rings (SSSR count). The predicted molar refractivity (Wildman–Crippen MR) is 74.5 cm³/mol. The summed E-state index contributed by atoms with van der Waals surface area (Å²) in [6.07, 6.45) is 1.23. The van der Waals surface area contributed by atoms with E-state index < -0.39 is 11.8 Å². The molecule has 2 aromatic rings. The summed E-state index contributed by atoms with van der Waals surface area (Å²) >= 11 is 3.33. The van der Waals surface area contributed by atoms with Crippen molar-refractivity contribution < 1.29 is 9.59 Å². The van der Waals surface area contributed by atoms with E-state index in [4.69, 9.17) is 5.73 Å². The van der Waals surface area contributed by atoms with Crippen LogP contribution in [0.5, 0.6) is 0 Å². The first-order valence-electron chi connectivity index (χ1n) is 5.73. The second-order valence-corrected chi connectivity index (χ2v) is 5.00. The Labute approximate surface area is 123 Å². The van der Waals surface area contributed by atoms with Crippen molar-refractivity contribution in [3.8, 4) is 0 Å². The smallest absolute Gasteiger partial charge is 0.291 e. The normalized spacial score (nSPS) is 10.2. The van der Waals surface area contributed by atoms with Crippen molar-refractivity contribution in [1.82, 2.24) is 20.1 Å². The summed E-state index contributed by atoms with van der Waals surface area (Å²) in [6, 6.07) is 7.42. The molecule has 1 aromatic heterocycles. The molecular weight excluding hydrogens is 326 g/mol. The number of hydrogen-bond acceptors (Lipinski definition) is 4. The molecule has 0 aliphatic heterocycles. The molecule has 20 heavy (non-hydrogen) atoms. The Balaban J connectivity index is 2.17. The van der Waals surface area contributed by atoms with Crippen molar-refractivity contribution >= 4 is 27.7 Å². The number of aromatic nitrogens is 3. The number of nitrogens with two attached hydrogens (primary N) is 1. The van der Waals surface area contributed by atoms with E-state index in [0.717, 1.165) is 10.0 Å². The molecule has 0 atom stereocenters. The fraction of sp³-hybridized carbons (Fsp3) is 0.167. The number of halogens is 1. The Kier molecular flexibility index (Phi) is 4.46. The molecule has 0 unspecified atom stereocenters.